The maximum Gasteiger partial charge on any atom is 0.217 e. The Morgan fingerprint density at radius 1 is 1.05 bits per heavy atom. The quantitative estimate of drug-likeness (QED) is 0.614. The maximum atomic E-state index is 5.71. The molecular weight excluding hydrogens is 268 g/mol. The van der Waals surface area contributed by atoms with E-state index in [0.717, 1.165) is 27.4 Å². The third-order valence-electron chi connectivity index (χ3n) is 3.36. The van der Waals surface area contributed by atoms with Gasteiger partial charge in [-0.1, -0.05) is 41.7 Å². The molecule has 0 atom stereocenters. The third-order valence-corrected chi connectivity index (χ3v) is 4.37. The zero-order valence-electron chi connectivity index (χ0n) is 10.7. The predicted molar refractivity (Wildman–Crippen MR) is 81.7 cm³/mol. The average Bonchev–Trinajstić information content (AvgIpc) is 3.06. The first kappa shape index (κ1) is 11.6. The van der Waals surface area contributed by atoms with Gasteiger partial charge in [0.2, 0.25) is 4.96 Å². The minimum Gasteiger partial charge on any atom is -0.326 e. The number of para-hydroxylation sites is 1. The van der Waals surface area contributed by atoms with E-state index in [1.165, 1.54) is 4.70 Å². The van der Waals surface area contributed by atoms with Crippen molar-refractivity contribution in [3.8, 4) is 11.4 Å². The normalized spacial score (nSPS) is 11.4. The van der Waals surface area contributed by atoms with E-state index in [0.29, 0.717) is 6.54 Å². The molecule has 0 aliphatic rings. The van der Waals surface area contributed by atoms with E-state index in [2.05, 4.69) is 32.8 Å². The summed E-state index contributed by atoms with van der Waals surface area (Å²) >= 11 is 1.65. The highest BCUT2D eigenvalue weighted by Crippen LogP contribution is 2.29. The van der Waals surface area contributed by atoms with Crippen LogP contribution in [0.3, 0.4) is 0 Å². The van der Waals surface area contributed by atoms with Crippen molar-refractivity contribution in [2.45, 2.75) is 6.54 Å². The monoisotopic (exact) mass is 280 g/mol. The summed E-state index contributed by atoms with van der Waals surface area (Å²) in [6, 6.07) is 16.4. The van der Waals surface area contributed by atoms with Gasteiger partial charge in [-0.15, -0.1) is 10.2 Å². The summed E-state index contributed by atoms with van der Waals surface area (Å²) < 4.78 is 3.32. The van der Waals surface area contributed by atoms with Crippen LogP contribution in [-0.2, 0) is 6.54 Å². The first-order valence-electron chi connectivity index (χ1n) is 6.39. The first-order valence-corrected chi connectivity index (χ1v) is 7.20. The van der Waals surface area contributed by atoms with Gasteiger partial charge in [0.25, 0.3) is 0 Å². The zero-order chi connectivity index (χ0) is 13.5. The number of aromatic nitrogens is 3. The van der Waals surface area contributed by atoms with Gasteiger partial charge in [0.1, 0.15) is 0 Å². The van der Waals surface area contributed by atoms with Crippen molar-refractivity contribution < 1.29 is 0 Å². The number of benzene rings is 2. The maximum absolute atomic E-state index is 5.71. The lowest BCUT2D eigenvalue weighted by molar-refractivity contribution is 1.07. The summed E-state index contributed by atoms with van der Waals surface area (Å²) in [7, 11) is 0. The fourth-order valence-electron chi connectivity index (χ4n) is 2.40. The van der Waals surface area contributed by atoms with Crippen LogP contribution < -0.4 is 5.73 Å². The minimum absolute atomic E-state index is 0.528. The largest absolute Gasteiger partial charge is 0.326 e. The number of thiazole rings is 1. The van der Waals surface area contributed by atoms with Gasteiger partial charge in [-0.3, -0.25) is 4.40 Å². The summed E-state index contributed by atoms with van der Waals surface area (Å²) in [4.78, 5) is 0.916. The molecular formula is C15H12N4S. The highest BCUT2D eigenvalue weighted by molar-refractivity contribution is 7.23. The van der Waals surface area contributed by atoms with Crippen molar-refractivity contribution in [2.24, 2.45) is 5.73 Å². The fraction of sp³-hybridized carbons (Fsp3) is 0.0667. The lowest BCUT2D eigenvalue weighted by Crippen LogP contribution is -1.96. The van der Waals surface area contributed by atoms with Crippen molar-refractivity contribution in [3.63, 3.8) is 0 Å². The highest BCUT2D eigenvalue weighted by atomic mass is 32.1. The van der Waals surface area contributed by atoms with Gasteiger partial charge in [0.15, 0.2) is 5.82 Å². The average molecular weight is 280 g/mol. The lowest BCUT2D eigenvalue weighted by atomic mass is 10.1. The molecule has 0 saturated heterocycles. The molecule has 0 saturated carbocycles. The molecule has 4 nitrogen and oxygen atoms in total. The summed E-state index contributed by atoms with van der Waals surface area (Å²) in [5.41, 5.74) is 9.00. The summed E-state index contributed by atoms with van der Waals surface area (Å²) in [6.45, 7) is 0.528. The van der Waals surface area contributed by atoms with Crippen molar-refractivity contribution in [1.82, 2.24) is 14.6 Å². The van der Waals surface area contributed by atoms with Gasteiger partial charge >= 0.3 is 0 Å². The predicted octanol–water partition coefficient (Wildman–Crippen LogP) is 3.07. The van der Waals surface area contributed by atoms with Crippen molar-refractivity contribution in [1.29, 1.82) is 0 Å². The molecule has 0 spiro atoms. The van der Waals surface area contributed by atoms with E-state index >= 15 is 0 Å². The van der Waals surface area contributed by atoms with E-state index in [1.807, 2.05) is 30.3 Å². The first-order chi connectivity index (χ1) is 9.86. The van der Waals surface area contributed by atoms with Gasteiger partial charge in [0, 0.05) is 12.1 Å². The Kier molecular flexibility index (Phi) is 2.55. The minimum atomic E-state index is 0.528. The molecule has 0 amide bonds. The molecule has 0 fully saturated rings. The van der Waals surface area contributed by atoms with Gasteiger partial charge in [-0.2, -0.15) is 0 Å². The summed E-state index contributed by atoms with van der Waals surface area (Å²) in [5.74, 6) is 0.868. The molecule has 0 aliphatic heterocycles. The van der Waals surface area contributed by atoms with E-state index in [9.17, 15) is 0 Å². The number of rotatable bonds is 2. The molecule has 2 heterocycles. The van der Waals surface area contributed by atoms with Crippen LogP contribution in [-0.4, -0.2) is 14.6 Å². The van der Waals surface area contributed by atoms with Crippen LogP contribution in [0, 0.1) is 0 Å². The van der Waals surface area contributed by atoms with Gasteiger partial charge in [0.05, 0.1) is 10.2 Å². The second-order valence-electron chi connectivity index (χ2n) is 4.62. The Hall–Kier alpha value is -2.24. The van der Waals surface area contributed by atoms with Crippen LogP contribution in [0.2, 0.25) is 0 Å². The fourth-order valence-corrected chi connectivity index (χ4v) is 3.37. The lowest BCUT2D eigenvalue weighted by Gasteiger charge is -2.02. The molecule has 4 rings (SSSR count). The number of fused-ring (bicyclic) bond motifs is 3. The smallest absolute Gasteiger partial charge is 0.217 e. The van der Waals surface area contributed by atoms with Crippen LogP contribution in [0.1, 0.15) is 5.56 Å². The Morgan fingerprint density at radius 2 is 1.95 bits per heavy atom. The van der Waals surface area contributed by atoms with E-state index in [-0.39, 0.29) is 0 Å². The van der Waals surface area contributed by atoms with E-state index in [4.69, 9.17) is 5.73 Å². The summed E-state index contributed by atoms with van der Waals surface area (Å²) in [5, 5.41) is 8.62. The SMILES string of the molecule is NCc1cccc(-c2nnc3sc4ccccc4n23)c1. The Bertz CT molecular complexity index is 906. The molecule has 0 bridgehead atoms. The van der Waals surface area contributed by atoms with Gasteiger partial charge in [-0.25, -0.2) is 0 Å². The second kappa shape index (κ2) is 4.40. The zero-order valence-corrected chi connectivity index (χ0v) is 11.5. The van der Waals surface area contributed by atoms with Crippen LogP contribution in [0.4, 0.5) is 0 Å². The second-order valence-corrected chi connectivity index (χ2v) is 5.62. The number of hydrogen-bond acceptors (Lipinski definition) is 4. The number of nitrogens with zero attached hydrogens (tertiary/aromatic N) is 3. The molecule has 4 aromatic rings. The van der Waals surface area contributed by atoms with Crippen LogP contribution in [0.25, 0.3) is 26.6 Å². The molecule has 0 radical (unpaired) electrons. The molecule has 0 aliphatic carbocycles. The summed E-state index contributed by atoms with van der Waals surface area (Å²) in [6.07, 6.45) is 0. The van der Waals surface area contributed by atoms with E-state index < -0.39 is 0 Å². The number of hydrogen-bond donors (Lipinski definition) is 1. The van der Waals surface area contributed by atoms with E-state index in [1.54, 1.807) is 11.3 Å². The molecule has 98 valence electrons. The molecule has 0 unspecified atom stereocenters. The topological polar surface area (TPSA) is 56.2 Å². The van der Waals surface area contributed by atoms with Crippen molar-refractivity contribution in [2.75, 3.05) is 0 Å². The van der Waals surface area contributed by atoms with Crippen molar-refractivity contribution in [3.05, 3.63) is 54.1 Å². The van der Waals surface area contributed by atoms with Crippen LogP contribution in [0.15, 0.2) is 48.5 Å². The van der Waals surface area contributed by atoms with Crippen LogP contribution in [0.5, 0.6) is 0 Å². The Balaban J connectivity index is 2.03. The number of nitrogens with two attached hydrogens (primary N) is 1. The molecule has 2 N–H and O–H groups in total. The molecule has 5 heteroatoms. The molecule has 2 aromatic carbocycles. The third kappa shape index (κ3) is 1.64. The van der Waals surface area contributed by atoms with Crippen LogP contribution >= 0.6 is 11.3 Å². The Morgan fingerprint density at radius 3 is 2.85 bits per heavy atom. The highest BCUT2D eigenvalue weighted by Gasteiger charge is 2.13. The molecule has 2 aromatic heterocycles. The van der Waals surface area contributed by atoms with Crippen molar-refractivity contribution >= 4 is 26.5 Å². The molecule has 20 heavy (non-hydrogen) atoms. The van der Waals surface area contributed by atoms with Gasteiger partial charge in [-0.05, 0) is 23.8 Å². The Labute approximate surface area is 119 Å². The standard InChI is InChI=1S/C15H12N4S/c16-9-10-4-3-5-11(8-10)14-17-18-15-19(14)12-6-1-2-7-13(12)20-15/h1-8H,9,16H2. The van der Waals surface area contributed by atoms with Gasteiger partial charge < -0.3 is 5.73 Å².